The van der Waals surface area contributed by atoms with Crippen LogP contribution in [0.5, 0.6) is 5.75 Å². The van der Waals surface area contributed by atoms with Crippen molar-refractivity contribution in [1.29, 1.82) is 0 Å². The number of rotatable bonds is 5. The van der Waals surface area contributed by atoms with Crippen molar-refractivity contribution in [2.45, 2.75) is 6.54 Å². The van der Waals surface area contributed by atoms with Gasteiger partial charge >= 0.3 is 0 Å². The molecule has 1 aromatic heterocycles. The third-order valence-corrected chi connectivity index (χ3v) is 6.49. The number of anilines is 2. The highest BCUT2D eigenvalue weighted by atomic mass is 32.2. The topological polar surface area (TPSA) is 70.9 Å². The van der Waals surface area contributed by atoms with E-state index in [2.05, 4.69) is 27.0 Å². The number of methoxy groups -OCH3 is 1. The van der Waals surface area contributed by atoms with Gasteiger partial charge in [-0.15, -0.1) is 0 Å². The van der Waals surface area contributed by atoms with Gasteiger partial charge in [-0.25, -0.2) is 4.68 Å². The standard InChI is InChI=1S/C21H27N5O3S/c1-29-18-4-2-17(3-5-18)23-8-10-24(11-9-23)19-6-7-20(27)26(22-19)16-21(28)25-12-14-30-15-13-25/h2-7H,8-16H2,1H3. The van der Waals surface area contributed by atoms with E-state index in [1.807, 2.05) is 28.8 Å². The van der Waals surface area contributed by atoms with Crippen LogP contribution in [0.4, 0.5) is 11.5 Å². The van der Waals surface area contributed by atoms with Gasteiger partial charge in [-0.2, -0.15) is 16.9 Å². The molecule has 0 aliphatic carbocycles. The molecule has 1 amide bonds. The van der Waals surface area contributed by atoms with E-state index in [4.69, 9.17) is 4.74 Å². The predicted molar refractivity (Wildman–Crippen MR) is 120 cm³/mol. The van der Waals surface area contributed by atoms with Crippen molar-refractivity contribution < 1.29 is 9.53 Å². The number of thioether (sulfide) groups is 1. The maximum atomic E-state index is 12.5. The molecule has 0 bridgehead atoms. The monoisotopic (exact) mass is 429 g/mol. The minimum absolute atomic E-state index is 0.00313. The van der Waals surface area contributed by atoms with Crippen molar-refractivity contribution >= 4 is 29.2 Å². The smallest absolute Gasteiger partial charge is 0.267 e. The summed E-state index contributed by atoms with van der Waals surface area (Å²) in [7, 11) is 1.67. The lowest BCUT2D eigenvalue weighted by atomic mass is 10.2. The molecule has 0 saturated carbocycles. The number of piperazine rings is 1. The van der Waals surface area contributed by atoms with E-state index in [1.54, 1.807) is 13.2 Å². The summed E-state index contributed by atoms with van der Waals surface area (Å²) in [6, 6.07) is 11.3. The van der Waals surface area contributed by atoms with Gasteiger partial charge in [0.25, 0.3) is 5.56 Å². The second-order valence-corrected chi connectivity index (χ2v) is 8.58. The first-order chi connectivity index (χ1) is 14.6. The van der Waals surface area contributed by atoms with Crippen molar-refractivity contribution in [2.24, 2.45) is 0 Å². The Morgan fingerprint density at radius 1 is 0.967 bits per heavy atom. The second-order valence-electron chi connectivity index (χ2n) is 7.35. The Morgan fingerprint density at radius 3 is 2.30 bits per heavy atom. The molecular weight excluding hydrogens is 402 g/mol. The van der Waals surface area contributed by atoms with Gasteiger partial charge in [-0.3, -0.25) is 9.59 Å². The van der Waals surface area contributed by atoms with Crippen LogP contribution in [0.3, 0.4) is 0 Å². The average Bonchev–Trinajstić information content (AvgIpc) is 2.81. The van der Waals surface area contributed by atoms with Crippen LogP contribution in [0, 0.1) is 0 Å². The summed E-state index contributed by atoms with van der Waals surface area (Å²) in [4.78, 5) is 31.1. The lowest BCUT2D eigenvalue weighted by Gasteiger charge is -2.36. The molecule has 1 aromatic carbocycles. The molecule has 160 valence electrons. The summed E-state index contributed by atoms with van der Waals surface area (Å²) in [6.07, 6.45) is 0. The number of nitrogens with zero attached hydrogens (tertiary/aromatic N) is 5. The lowest BCUT2D eigenvalue weighted by Crippen LogP contribution is -2.47. The van der Waals surface area contributed by atoms with Crippen LogP contribution in [0.15, 0.2) is 41.2 Å². The number of benzene rings is 1. The zero-order valence-corrected chi connectivity index (χ0v) is 18.0. The summed E-state index contributed by atoms with van der Waals surface area (Å²) in [5.41, 5.74) is 0.925. The minimum Gasteiger partial charge on any atom is -0.497 e. The van der Waals surface area contributed by atoms with Crippen molar-refractivity contribution in [3.05, 3.63) is 46.8 Å². The van der Waals surface area contributed by atoms with Crippen LogP contribution in [0.2, 0.25) is 0 Å². The van der Waals surface area contributed by atoms with E-state index in [-0.39, 0.29) is 18.0 Å². The normalized spacial score (nSPS) is 17.2. The van der Waals surface area contributed by atoms with Crippen molar-refractivity contribution in [3.8, 4) is 5.75 Å². The second kappa shape index (κ2) is 9.42. The Kier molecular flexibility index (Phi) is 6.47. The number of carbonyl (C=O) groups is 1. The third-order valence-electron chi connectivity index (χ3n) is 5.54. The zero-order valence-electron chi connectivity index (χ0n) is 17.2. The molecule has 0 unspecified atom stereocenters. The van der Waals surface area contributed by atoms with E-state index < -0.39 is 0 Å². The number of hydrogen-bond acceptors (Lipinski definition) is 7. The highest BCUT2D eigenvalue weighted by molar-refractivity contribution is 7.99. The number of carbonyl (C=O) groups excluding carboxylic acids is 1. The molecule has 0 radical (unpaired) electrons. The van der Waals surface area contributed by atoms with Gasteiger partial charge in [-0.05, 0) is 30.3 Å². The minimum atomic E-state index is -0.240. The molecule has 30 heavy (non-hydrogen) atoms. The molecule has 9 heteroatoms. The van der Waals surface area contributed by atoms with Gasteiger partial charge in [-0.1, -0.05) is 0 Å². The summed E-state index contributed by atoms with van der Waals surface area (Å²) in [5, 5.41) is 4.49. The van der Waals surface area contributed by atoms with E-state index in [0.29, 0.717) is 0 Å². The van der Waals surface area contributed by atoms with Gasteiger partial charge < -0.3 is 19.4 Å². The molecule has 2 aliphatic heterocycles. The molecule has 3 heterocycles. The van der Waals surface area contributed by atoms with Gasteiger partial charge in [0.15, 0.2) is 0 Å². The van der Waals surface area contributed by atoms with Gasteiger partial charge in [0.2, 0.25) is 5.91 Å². The summed E-state index contributed by atoms with van der Waals surface area (Å²) in [6.45, 7) is 4.80. The summed E-state index contributed by atoms with van der Waals surface area (Å²) >= 11 is 1.85. The Balaban J connectivity index is 1.39. The Labute approximate surface area is 180 Å². The van der Waals surface area contributed by atoms with Crippen LogP contribution < -0.4 is 20.1 Å². The Morgan fingerprint density at radius 2 is 1.63 bits per heavy atom. The molecule has 2 fully saturated rings. The van der Waals surface area contributed by atoms with E-state index in [9.17, 15) is 9.59 Å². The van der Waals surface area contributed by atoms with E-state index >= 15 is 0 Å². The van der Waals surface area contributed by atoms with Crippen molar-refractivity contribution in [1.82, 2.24) is 14.7 Å². The van der Waals surface area contributed by atoms with Crippen LogP contribution in [0.1, 0.15) is 0 Å². The fraction of sp³-hybridized carbons (Fsp3) is 0.476. The van der Waals surface area contributed by atoms with E-state index in [0.717, 1.165) is 62.3 Å². The van der Waals surface area contributed by atoms with Crippen LogP contribution in [-0.2, 0) is 11.3 Å². The molecule has 2 saturated heterocycles. The highest BCUT2D eigenvalue weighted by Gasteiger charge is 2.21. The maximum Gasteiger partial charge on any atom is 0.267 e. The fourth-order valence-electron chi connectivity index (χ4n) is 3.75. The molecule has 0 spiro atoms. The first-order valence-electron chi connectivity index (χ1n) is 10.2. The van der Waals surface area contributed by atoms with Crippen molar-refractivity contribution in [2.75, 3.05) is 67.7 Å². The fourth-order valence-corrected chi connectivity index (χ4v) is 4.65. The quantitative estimate of drug-likeness (QED) is 0.706. The number of hydrogen-bond donors (Lipinski definition) is 0. The van der Waals surface area contributed by atoms with E-state index in [1.165, 1.54) is 16.4 Å². The first-order valence-corrected chi connectivity index (χ1v) is 11.4. The lowest BCUT2D eigenvalue weighted by molar-refractivity contribution is -0.131. The number of aromatic nitrogens is 2. The maximum absolute atomic E-state index is 12.5. The SMILES string of the molecule is COc1ccc(N2CCN(c3ccc(=O)n(CC(=O)N4CCSCC4)n3)CC2)cc1. The highest BCUT2D eigenvalue weighted by Crippen LogP contribution is 2.21. The molecule has 2 aliphatic rings. The summed E-state index contributed by atoms with van der Waals surface area (Å²) in [5.74, 6) is 3.46. The van der Waals surface area contributed by atoms with Gasteiger partial charge in [0.05, 0.1) is 7.11 Å². The predicted octanol–water partition coefficient (Wildman–Crippen LogP) is 1.15. The molecular formula is C21H27N5O3S. The average molecular weight is 430 g/mol. The zero-order chi connectivity index (χ0) is 20.9. The van der Waals surface area contributed by atoms with Crippen LogP contribution in [-0.4, -0.2) is 78.5 Å². The van der Waals surface area contributed by atoms with Gasteiger partial charge in [0.1, 0.15) is 18.1 Å². The molecule has 0 atom stereocenters. The van der Waals surface area contributed by atoms with Crippen molar-refractivity contribution in [3.63, 3.8) is 0 Å². The first kappa shape index (κ1) is 20.6. The summed E-state index contributed by atoms with van der Waals surface area (Å²) < 4.78 is 6.53. The molecule has 0 N–H and O–H groups in total. The Bertz CT molecular complexity index is 919. The largest absolute Gasteiger partial charge is 0.497 e. The molecule has 8 nitrogen and oxygen atoms in total. The Hall–Kier alpha value is -2.68. The number of amides is 1. The van der Waals surface area contributed by atoms with Crippen LogP contribution in [0.25, 0.3) is 0 Å². The van der Waals surface area contributed by atoms with Crippen LogP contribution >= 0.6 is 11.8 Å². The van der Waals surface area contributed by atoms with Gasteiger partial charge in [0, 0.05) is 62.5 Å². The molecule has 2 aromatic rings. The number of ether oxygens (including phenoxy) is 1. The third kappa shape index (κ3) is 4.72. The molecule has 4 rings (SSSR count).